The lowest BCUT2D eigenvalue weighted by atomic mass is 9.88. The van der Waals surface area contributed by atoms with E-state index in [2.05, 4.69) is 96.5 Å². The third-order valence-electron chi connectivity index (χ3n) is 8.83. The predicted molar refractivity (Wildman–Crippen MR) is 187 cm³/mol. The topological polar surface area (TPSA) is 53.2 Å². The molecule has 236 valence electrons. The van der Waals surface area contributed by atoms with Gasteiger partial charge in [-0.15, -0.1) is 0 Å². The molecule has 1 saturated heterocycles. The molecule has 2 aliphatic rings. The lowest BCUT2D eigenvalue weighted by Gasteiger charge is -2.32. The summed E-state index contributed by atoms with van der Waals surface area (Å²) in [6.07, 6.45) is 11.0. The molecule has 5 heteroatoms. The van der Waals surface area contributed by atoms with Crippen LogP contribution in [0.1, 0.15) is 89.3 Å². The molecule has 3 aromatic carbocycles. The number of carbonyl (C=O) groups excluding carboxylic acids is 1. The van der Waals surface area contributed by atoms with E-state index in [0.717, 1.165) is 87.2 Å². The first-order valence-electron chi connectivity index (χ1n) is 16.9. The van der Waals surface area contributed by atoms with Crippen molar-refractivity contribution in [1.29, 1.82) is 0 Å². The van der Waals surface area contributed by atoms with Crippen molar-refractivity contribution in [3.8, 4) is 11.1 Å². The number of unbranched alkanes of at least 4 members (excludes halogenated alkanes) is 1. The van der Waals surface area contributed by atoms with Gasteiger partial charge in [-0.3, -0.25) is 4.79 Å². The minimum Gasteiger partial charge on any atom is -0.384 e. The van der Waals surface area contributed by atoms with E-state index in [9.17, 15) is 4.79 Å². The van der Waals surface area contributed by atoms with E-state index in [0.29, 0.717) is 6.04 Å². The molecule has 3 aromatic rings. The van der Waals surface area contributed by atoms with E-state index in [4.69, 9.17) is 11.6 Å². The minimum absolute atomic E-state index is 0.124. The Morgan fingerprint density at radius 2 is 1.64 bits per heavy atom. The number of benzene rings is 3. The fraction of sp³-hybridized carbons (Fsp3) is 0.462. The van der Waals surface area contributed by atoms with Gasteiger partial charge in [0.1, 0.15) is 0 Å². The molecular weight excluding hydrogens is 562 g/mol. The summed E-state index contributed by atoms with van der Waals surface area (Å²) in [6, 6.07) is 25.7. The van der Waals surface area contributed by atoms with Crippen molar-refractivity contribution in [2.45, 2.75) is 103 Å². The predicted octanol–water partition coefficient (Wildman–Crippen LogP) is 8.77. The maximum atomic E-state index is 14.3. The first-order chi connectivity index (χ1) is 21.5. The van der Waals surface area contributed by atoms with Crippen LogP contribution in [0.2, 0.25) is 5.02 Å². The van der Waals surface area contributed by atoms with Gasteiger partial charge in [-0.1, -0.05) is 119 Å². The molecule has 1 saturated carbocycles. The SMILES string of the molecule is CC.CCCC=C(NC1CCNCC1)[C@H](Cc1ccc(-c2ccccc2)cc1)NC(=O)C1(c2ccc(Cl)cc2CCC)CC1. The molecule has 5 rings (SSSR count). The van der Waals surface area contributed by atoms with Crippen molar-refractivity contribution in [3.63, 3.8) is 0 Å². The monoisotopic (exact) mass is 613 g/mol. The van der Waals surface area contributed by atoms with Gasteiger partial charge in [-0.2, -0.15) is 0 Å². The fourth-order valence-electron chi connectivity index (χ4n) is 6.29. The number of halogens is 1. The Balaban J connectivity index is 0.00000216. The third kappa shape index (κ3) is 8.76. The average Bonchev–Trinajstić information content (AvgIpc) is 3.87. The van der Waals surface area contributed by atoms with Crippen LogP contribution in [0.25, 0.3) is 11.1 Å². The Morgan fingerprint density at radius 1 is 0.955 bits per heavy atom. The highest BCUT2D eigenvalue weighted by molar-refractivity contribution is 6.30. The van der Waals surface area contributed by atoms with Crippen LogP contribution in [0.3, 0.4) is 0 Å². The normalized spacial score (nSPS) is 16.8. The number of nitrogens with one attached hydrogen (secondary N) is 3. The highest BCUT2D eigenvalue weighted by Gasteiger charge is 2.52. The molecule has 1 amide bonds. The summed E-state index contributed by atoms with van der Waals surface area (Å²) in [5, 5.41) is 11.7. The fourth-order valence-corrected chi connectivity index (χ4v) is 6.48. The molecule has 3 N–H and O–H groups in total. The van der Waals surface area contributed by atoms with Crippen molar-refractivity contribution < 1.29 is 4.79 Å². The van der Waals surface area contributed by atoms with Gasteiger partial charge >= 0.3 is 0 Å². The highest BCUT2D eigenvalue weighted by Crippen LogP contribution is 2.50. The zero-order valence-electron chi connectivity index (χ0n) is 27.2. The number of rotatable bonds is 13. The van der Waals surface area contributed by atoms with E-state index < -0.39 is 5.41 Å². The maximum Gasteiger partial charge on any atom is 0.231 e. The minimum atomic E-state index is -0.463. The summed E-state index contributed by atoms with van der Waals surface area (Å²) < 4.78 is 0. The molecule has 1 aliphatic heterocycles. The summed E-state index contributed by atoms with van der Waals surface area (Å²) >= 11 is 6.39. The first kappa shape index (κ1) is 33.8. The number of hydrogen-bond acceptors (Lipinski definition) is 3. The van der Waals surface area contributed by atoms with Crippen LogP contribution < -0.4 is 16.0 Å². The number of allylic oxidation sites excluding steroid dienone is 1. The molecule has 0 radical (unpaired) electrons. The molecule has 4 nitrogen and oxygen atoms in total. The van der Waals surface area contributed by atoms with Crippen LogP contribution in [0.15, 0.2) is 84.6 Å². The Kier molecular flexibility index (Phi) is 12.9. The molecule has 1 atom stereocenters. The van der Waals surface area contributed by atoms with Crippen LogP contribution in [0.4, 0.5) is 0 Å². The van der Waals surface area contributed by atoms with Crippen LogP contribution in [-0.4, -0.2) is 31.1 Å². The van der Waals surface area contributed by atoms with E-state index >= 15 is 0 Å². The van der Waals surface area contributed by atoms with Crippen molar-refractivity contribution in [2.75, 3.05) is 13.1 Å². The van der Waals surface area contributed by atoms with Gasteiger partial charge in [0.25, 0.3) is 0 Å². The number of carbonyl (C=O) groups is 1. The Labute approximate surface area is 271 Å². The van der Waals surface area contributed by atoms with Gasteiger partial charge in [-0.05, 0) is 98.0 Å². The molecule has 1 heterocycles. The van der Waals surface area contributed by atoms with Crippen molar-refractivity contribution >= 4 is 17.5 Å². The number of aryl methyl sites for hydroxylation is 1. The van der Waals surface area contributed by atoms with Crippen molar-refractivity contribution in [1.82, 2.24) is 16.0 Å². The molecule has 0 spiro atoms. The van der Waals surface area contributed by atoms with Gasteiger partial charge in [0.2, 0.25) is 5.91 Å². The Morgan fingerprint density at radius 3 is 2.27 bits per heavy atom. The van der Waals surface area contributed by atoms with E-state index in [1.807, 2.05) is 26.0 Å². The van der Waals surface area contributed by atoms with Gasteiger partial charge in [0.05, 0.1) is 11.5 Å². The lowest BCUT2D eigenvalue weighted by Crippen LogP contribution is -2.49. The van der Waals surface area contributed by atoms with E-state index in [-0.39, 0.29) is 11.9 Å². The Bertz CT molecular complexity index is 1340. The Hall–Kier alpha value is -3.08. The zero-order valence-corrected chi connectivity index (χ0v) is 28.0. The number of piperidine rings is 1. The first-order valence-corrected chi connectivity index (χ1v) is 17.3. The second-order valence-electron chi connectivity index (χ2n) is 12.0. The third-order valence-corrected chi connectivity index (χ3v) is 9.07. The summed E-state index contributed by atoms with van der Waals surface area (Å²) in [4.78, 5) is 14.3. The van der Waals surface area contributed by atoms with E-state index in [1.54, 1.807) is 0 Å². The zero-order chi connectivity index (χ0) is 31.4. The van der Waals surface area contributed by atoms with Gasteiger partial charge in [-0.25, -0.2) is 0 Å². The molecule has 2 fully saturated rings. The van der Waals surface area contributed by atoms with Gasteiger partial charge in [0, 0.05) is 16.8 Å². The van der Waals surface area contributed by atoms with Crippen LogP contribution in [-0.2, 0) is 23.1 Å². The summed E-state index contributed by atoms with van der Waals surface area (Å²) in [7, 11) is 0. The average molecular weight is 614 g/mol. The molecule has 1 aliphatic carbocycles. The van der Waals surface area contributed by atoms with Crippen LogP contribution in [0, 0.1) is 0 Å². The second kappa shape index (κ2) is 16.8. The molecular formula is C39H52ClN3O. The van der Waals surface area contributed by atoms with Gasteiger partial charge in [0.15, 0.2) is 0 Å². The van der Waals surface area contributed by atoms with Crippen LogP contribution >= 0.6 is 11.6 Å². The standard InChI is InChI=1S/C37H46ClN3O.C2H6/c1-3-5-12-34(40-32-19-23-39-24-20-32)35(25-27-13-15-29(16-14-27)28-10-7-6-8-11-28)41-36(42)37(21-22-37)33-18-17-31(38)26-30(33)9-4-2;1-2/h6-8,10-18,26,32,35,39-40H,3-5,9,19-25H2,1-2H3,(H,41,42);1-2H3/t35-;/m0./s1. The maximum absolute atomic E-state index is 14.3. The number of amides is 1. The molecule has 0 bridgehead atoms. The molecule has 44 heavy (non-hydrogen) atoms. The lowest BCUT2D eigenvalue weighted by molar-refractivity contribution is -0.124. The van der Waals surface area contributed by atoms with Crippen molar-refractivity contribution in [3.05, 3.63) is 106 Å². The summed E-state index contributed by atoms with van der Waals surface area (Å²) in [5.41, 5.74) is 6.70. The highest BCUT2D eigenvalue weighted by atomic mass is 35.5. The second-order valence-corrected chi connectivity index (χ2v) is 12.5. The largest absolute Gasteiger partial charge is 0.384 e. The van der Waals surface area contributed by atoms with Gasteiger partial charge < -0.3 is 16.0 Å². The summed E-state index contributed by atoms with van der Waals surface area (Å²) in [6.45, 7) is 10.4. The summed E-state index contributed by atoms with van der Waals surface area (Å²) in [5.74, 6) is 0.141. The molecule has 0 unspecified atom stereocenters. The van der Waals surface area contributed by atoms with E-state index in [1.165, 1.54) is 22.3 Å². The quantitative estimate of drug-likeness (QED) is 0.181. The van der Waals surface area contributed by atoms with Crippen molar-refractivity contribution in [2.24, 2.45) is 0 Å². The van der Waals surface area contributed by atoms with Crippen LogP contribution in [0.5, 0.6) is 0 Å². The smallest absolute Gasteiger partial charge is 0.231 e. The molecule has 0 aromatic heterocycles. The number of hydrogen-bond donors (Lipinski definition) is 3.